The van der Waals surface area contributed by atoms with Gasteiger partial charge in [-0.1, -0.05) is 23.5 Å². The third kappa shape index (κ3) is 2.32. The summed E-state index contributed by atoms with van der Waals surface area (Å²) >= 11 is 1.18. The van der Waals surface area contributed by atoms with Crippen LogP contribution in [0.1, 0.15) is 16.7 Å². The van der Waals surface area contributed by atoms with Crippen LogP contribution in [0.25, 0.3) is 4.96 Å². The van der Waals surface area contributed by atoms with Crippen LogP contribution in [0.3, 0.4) is 0 Å². The molecule has 3 rings (SSSR count). The Hall–Kier alpha value is -2.48. The molecule has 0 bridgehead atoms. The molecule has 0 saturated heterocycles. The Morgan fingerprint density at radius 2 is 2.30 bits per heavy atom. The van der Waals surface area contributed by atoms with E-state index in [1.165, 1.54) is 22.2 Å². The van der Waals surface area contributed by atoms with Gasteiger partial charge in [-0.05, 0) is 19.1 Å². The maximum absolute atomic E-state index is 12.2. The molecule has 8 heteroatoms. The van der Waals surface area contributed by atoms with Gasteiger partial charge in [-0.25, -0.2) is 0 Å². The van der Waals surface area contributed by atoms with Gasteiger partial charge >= 0.3 is 0 Å². The molecule has 0 spiro atoms. The summed E-state index contributed by atoms with van der Waals surface area (Å²) in [5, 5.41) is 14.7. The van der Waals surface area contributed by atoms with Crippen molar-refractivity contribution in [3.05, 3.63) is 35.6 Å². The first-order valence-corrected chi connectivity index (χ1v) is 6.79. The van der Waals surface area contributed by atoms with Crippen molar-refractivity contribution in [2.24, 2.45) is 0 Å². The van der Waals surface area contributed by atoms with E-state index in [2.05, 4.69) is 20.6 Å². The van der Waals surface area contributed by atoms with Gasteiger partial charge in [0.2, 0.25) is 9.97 Å². The number of fused-ring (bicyclic) bond motifs is 1. The summed E-state index contributed by atoms with van der Waals surface area (Å²) < 4.78 is 6.92. The predicted octanol–water partition coefficient (Wildman–Crippen LogP) is 1.84. The molecule has 20 heavy (non-hydrogen) atoms. The fourth-order valence-electron chi connectivity index (χ4n) is 1.68. The molecular weight excluding hydrogens is 278 g/mol. The first kappa shape index (κ1) is 12.5. The zero-order valence-electron chi connectivity index (χ0n) is 10.6. The van der Waals surface area contributed by atoms with E-state index in [4.69, 9.17) is 4.74 Å². The number of rotatable bonds is 4. The number of carbonyl (C=O) groups is 1. The Morgan fingerprint density at radius 1 is 1.45 bits per heavy atom. The van der Waals surface area contributed by atoms with Gasteiger partial charge in [0.1, 0.15) is 12.1 Å². The van der Waals surface area contributed by atoms with Crippen LogP contribution in [0.15, 0.2) is 30.6 Å². The number of para-hydroxylation sites is 2. The van der Waals surface area contributed by atoms with Gasteiger partial charge in [-0.2, -0.15) is 4.52 Å². The first-order valence-electron chi connectivity index (χ1n) is 5.98. The zero-order chi connectivity index (χ0) is 13.9. The van der Waals surface area contributed by atoms with Crippen molar-refractivity contribution in [2.75, 3.05) is 11.9 Å². The monoisotopic (exact) mass is 289 g/mol. The SMILES string of the molecule is CCOc1ccccc1NC(=O)c1nn2cnnc2s1. The van der Waals surface area contributed by atoms with Crippen molar-refractivity contribution in [1.29, 1.82) is 0 Å². The van der Waals surface area contributed by atoms with Gasteiger partial charge < -0.3 is 10.1 Å². The molecule has 0 aliphatic heterocycles. The number of hydrogen-bond acceptors (Lipinski definition) is 6. The Balaban J connectivity index is 1.83. The lowest BCUT2D eigenvalue weighted by atomic mass is 10.3. The zero-order valence-corrected chi connectivity index (χ0v) is 11.4. The van der Waals surface area contributed by atoms with E-state index in [0.717, 1.165) is 0 Å². The van der Waals surface area contributed by atoms with Crippen LogP contribution in [0.4, 0.5) is 5.69 Å². The first-order chi connectivity index (χ1) is 9.78. The molecule has 0 aliphatic carbocycles. The second-order valence-corrected chi connectivity index (χ2v) is 4.80. The van der Waals surface area contributed by atoms with Crippen LogP contribution in [-0.2, 0) is 0 Å². The van der Waals surface area contributed by atoms with Crippen LogP contribution in [0.2, 0.25) is 0 Å². The fraction of sp³-hybridized carbons (Fsp3) is 0.167. The molecule has 0 radical (unpaired) electrons. The summed E-state index contributed by atoms with van der Waals surface area (Å²) in [7, 11) is 0. The molecule has 1 amide bonds. The number of amides is 1. The normalized spacial score (nSPS) is 10.7. The van der Waals surface area contributed by atoms with E-state index in [9.17, 15) is 4.79 Å². The summed E-state index contributed by atoms with van der Waals surface area (Å²) in [6.45, 7) is 2.42. The quantitative estimate of drug-likeness (QED) is 0.792. The minimum absolute atomic E-state index is 0.298. The van der Waals surface area contributed by atoms with Crippen LogP contribution in [-0.4, -0.2) is 32.3 Å². The minimum Gasteiger partial charge on any atom is -0.492 e. The molecule has 2 aromatic heterocycles. The van der Waals surface area contributed by atoms with Gasteiger partial charge in [0.25, 0.3) is 5.91 Å². The van der Waals surface area contributed by atoms with Crippen molar-refractivity contribution < 1.29 is 9.53 Å². The molecule has 0 aliphatic rings. The van der Waals surface area contributed by atoms with Crippen LogP contribution >= 0.6 is 11.3 Å². The Morgan fingerprint density at radius 3 is 3.10 bits per heavy atom. The number of ether oxygens (including phenoxy) is 1. The molecule has 0 saturated carbocycles. The number of aromatic nitrogens is 4. The molecule has 3 aromatic rings. The number of benzene rings is 1. The van der Waals surface area contributed by atoms with Gasteiger partial charge in [0.05, 0.1) is 12.3 Å². The standard InChI is InChI=1S/C12H11N5O2S/c1-2-19-9-6-4-3-5-8(9)14-10(18)11-16-17-7-13-15-12(17)20-11/h3-7H,2H2,1H3,(H,14,18). The van der Waals surface area contributed by atoms with Crippen molar-refractivity contribution in [3.63, 3.8) is 0 Å². The van der Waals surface area contributed by atoms with E-state index in [0.29, 0.717) is 28.0 Å². The Labute approximate surface area is 118 Å². The highest BCUT2D eigenvalue weighted by atomic mass is 32.1. The van der Waals surface area contributed by atoms with Crippen molar-refractivity contribution in [2.45, 2.75) is 6.92 Å². The average molecular weight is 289 g/mol. The van der Waals surface area contributed by atoms with E-state index >= 15 is 0 Å². The summed E-state index contributed by atoms with van der Waals surface area (Å²) in [5.74, 6) is 0.332. The third-order valence-electron chi connectivity index (χ3n) is 2.52. The van der Waals surface area contributed by atoms with E-state index in [1.54, 1.807) is 12.1 Å². The summed E-state index contributed by atoms with van der Waals surface area (Å²) in [6, 6.07) is 7.27. The van der Waals surface area contributed by atoms with Crippen molar-refractivity contribution in [1.82, 2.24) is 19.8 Å². The molecular formula is C12H11N5O2S. The third-order valence-corrected chi connectivity index (χ3v) is 3.43. The highest BCUT2D eigenvalue weighted by Crippen LogP contribution is 2.24. The maximum atomic E-state index is 12.2. The van der Waals surface area contributed by atoms with Crippen molar-refractivity contribution >= 4 is 27.9 Å². The van der Waals surface area contributed by atoms with E-state index < -0.39 is 0 Å². The smallest absolute Gasteiger partial charge is 0.286 e. The van der Waals surface area contributed by atoms with Crippen LogP contribution in [0.5, 0.6) is 5.75 Å². The number of hydrogen-bond donors (Lipinski definition) is 1. The lowest BCUT2D eigenvalue weighted by molar-refractivity contribution is 0.102. The molecule has 0 unspecified atom stereocenters. The van der Waals surface area contributed by atoms with E-state index in [1.807, 2.05) is 19.1 Å². The predicted molar refractivity (Wildman–Crippen MR) is 74.2 cm³/mol. The maximum Gasteiger partial charge on any atom is 0.286 e. The molecule has 0 atom stereocenters. The number of carbonyl (C=O) groups excluding carboxylic acids is 1. The van der Waals surface area contributed by atoms with Gasteiger partial charge in [-0.15, -0.1) is 15.3 Å². The largest absolute Gasteiger partial charge is 0.492 e. The second kappa shape index (κ2) is 5.25. The average Bonchev–Trinajstić information content (AvgIpc) is 3.02. The van der Waals surface area contributed by atoms with E-state index in [-0.39, 0.29) is 5.91 Å². The van der Waals surface area contributed by atoms with Gasteiger partial charge in [-0.3, -0.25) is 4.79 Å². The van der Waals surface area contributed by atoms with Gasteiger partial charge in [0, 0.05) is 0 Å². The summed E-state index contributed by atoms with van der Waals surface area (Å²) in [5.41, 5.74) is 0.616. The van der Waals surface area contributed by atoms with Gasteiger partial charge in [0.15, 0.2) is 0 Å². The Bertz CT molecular complexity index is 722. The van der Waals surface area contributed by atoms with Crippen molar-refractivity contribution in [3.8, 4) is 5.75 Å². The number of nitrogens with zero attached hydrogens (tertiary/aromatic N) is 4. The second-order valence-electron chi connectivity index (χ2n) is 3.85. The molecule has 7 nitrogen and oxygen atoms in total. The molecule has 1 N–H and O–H groups in total. The lowest BCUT2D eigenvalue weighted by Crippen LogP contribution is -2.13. The minimum atomic E-state index is -0.298. The summed E-state index contributed by atoms with van der Waals surface area (Å²) in [6.07, 6.45) is 1.46. The highest BCUT2D eigenvalue weighted by molar-refractivity contribution is 7.18. The molecule has 102 valence electrons. The van der Waals surface area contributed by atoms with Crippen LogP contribution in [0, 0.1) is 0 Å². The fourth-order valence-corrected chi connectivity index (χ4v) is 2.39. The Kier molecular flexibility index (Phi) is 3.30. The topological polar surface area (TPSA) is 81.4 Å². The van der Waals surface area contributed by atoms with Crippen LogP contribution < -0.4 is 10.1 Å². The summed E-state index contributed by atoms with van der Waals surface area (Å²) in [4.78, 5) is 12.7. The number of anilines is 1. The highest BCUT2D eigenvalue weighted by Gasteiger charge is 2.15. The lowest BCUT2D eigenvalue weighted by Gasteiger charge is -2.09. The molecule has 0 fully saturated rings. The molecule has 2 heterocycles. The number of nitrogens with one attached hydrogen (secondary N) is 1. The molecule has 1 aromatic carbocycles.